The van der Waals surface area contributed by atoms with Crippen LogP contribution in [0, 0.1) is 0 Å². The maximum Gasteiger partial charge on any atom is 0.238 e. The van der Waals surface area contributed by atoms with Crippen LogP contribution in [-0.2, 0) is 14.8 Å². The molecule has 0 saturated heterocycles. The predicted octanol–water partition coefficient (Wildman–Crippen LogP) is 3.97. The zero-order valence-electron chi connectivity index (χ0n) is 17.1. The Hall–Kier alpha value is -3.18. The molecule has 11 heteroatoms. The van der Waals surface area contributed by atoms with E-state index in [-0.39, 0.29) is 16.6 Å². The number of aromatic nitrogens is 3. The highest BCUT2D eigenvalue weighted by Gasteiger charge is 2.17. The van der Waals surface area contributed by atoms with Gasteiger partial charge in [-0.3, -0.25) is 9.36 Å². The predicted molar refractivity (Wildman–Crippen MR) is 129 cm³/mol. The van der Waals surface area contributed by atoms with E-state index in [0.29, 0.717) is 21.7 Å². The molecule has 168 valence electrons. The van der Waals surface area contributed by atoms with Crippen molar-refractivity contribution >= 4 is 45.0 Å². The second-order valence-corrected chi connectivity index (χ2v) is 9.83. The monoisotopic (exact) mass is 499 g/mol. The van der Waals surface area contributed by atoms with Gasteiger partial charge < -0.3 is 5.32 Å². The minimum atomic E-state index is -3.87. The molecule has 4 aromatic rings. The highest BCUT2D eigenvalue weighted by molar-refractivity contribution is 7.99. The third-order valence-electron chi connectivity index (χ3n) is 4.53. The summed E-state index contributed by atoms with van der Waals surface area (Å²) in [7, 11) is -3.87. The first kappa shape index (κ1) is 23.0. The standard InChI is InChI=1S/C22H18ClN5O3S2/c23-16-9-11-18(12-10-16)28-21(15-5-2-1-3-6-15)26-27-22(28)32-14-20(29)25-17-7-4-8-19(13-17)33(24,30)31/h1-13H,14H2,(H,25,29)(H2,24,30,31). The van der Waals surface area contributed by atoms with Crippen molar-refractivity contribution in [1.82, 2.24) is 14.8 Å². The van der Waals surface area contributed by atoms with E-state index < -0.39 is 10.0 Å². The van der Waals surface area contributed by atoms with Crippen LogP contribution < -0.4 is 10.5 Å². The lowest BCUT2D eigenvalue weighted by atomic mass is 10.2. The van der Waals surface area contributed by atoms with Crippen LogP contribution in [-0.4, -0.2) is 34.8 Å². The van der Waals surface area contributed by atoms with Gasteiger partial charge in [-0.1, -0.05) is 59.8 Å². The summed E-state index contributed by atoms with van der Waals surface area (Å²) >= 11 is 7.24. The number of nitrogens with two attached hydrogens (primary N) is 1. The summed E-state index contributed by atoms with van der Waals surface area (Å²) in [6.07, 6.45) is 0. The molecule has 33 heavy (non-hydrogen) atoms. The van der Waals surface area contributed by atoms with Crippen molar-refractivity contribution in [2.24, 2.45) is 5.14 Å². The van der Waals surface area contributed by atoms with Crippen LogP contribution in [0.3, 0.4) is 0 Å². The van der Waals surface area contributed by atoms with Gasteiger partial charge in [-0.15, -0.1) is 10.2 Å². The van der Waals surface area contributed by atoms with Crippen molar-refractivity contribution in [3.8, 4) is 17.1 Å². The molecule has 1 aromatic heterocycles. The molecule has 0 atom stereocenters. The zero-order valence-corrected chi connectivity index (χ0v) is 19.4. The molecule has 1 heterocycles. The molecule has 3 aromatic carbocycles. The van der Waals surface area contributed by atoms with Crippen LogP contribution in [0.1, 0.15) is 0 Å². The van der Waals surface area contributed by atoms with Gasteiger partial charge >= 0.3 is 0 Å². The Bertz CT molecular complexity index is 1390. The molecule has 0 spiro atoms. The van der Waals surface area contributed by atoms with Crippen molar-refractivity contribution in [3.63, 3.8) is 0 Å². The SMILES string of the molecule is NS(=O)(=O)c1cccc(NC(=O)CSc2nnc(-c3ccccc3)n2-c2ccc(Cl)cc2)c1. The Morgan fingerprint density at radius 1 is 1.00 bits per heavy atom. The fraction of sp³-hybridized carbons (Fsp3) is 0.0455. The van der Waals surface area contributed by atoms with Gasteiger partial charge in [0.05, 0.1) is 10.6 Å². The highest BCUT2D eigenvalue weighted by atomic mass is 35.5. The zero-order chi connectivity index (χ0) is 23.4. The van der Waals surface area contributed by atoms with Crippen LogP contribution in [0.4, 0.5) is 5.69 Å². The molecule has 0 fully saturated rings. The van der Waals surface area contributed by atoms with E-state index in [9.17, 15) is 13.2 Å². The van der Waals surface area contributed by atoms with E-state index in [1.165, 1.54) is 30.0 Å². The summed E-state index contributed by atoms with van der Waals surface area (Å²) in [6.45, 7) is 0. The Morgan fingerprint density at radius 2 is 1.73 bits per heavy atom. The number of carbonyl (C=O) groups excluding carboxylic acids is 1. The van der Waals surface area contributed by atoms with Gasteiger partial charge in [-0.2, -0.15) is 0 Å². The first-order valence-electron chi connectivity index (χ1n) is 9.63. The average Bonchev–Trinajstić information content (AvgIpc) is 3.22. The lowest BCUT2D eigenvalue weighted by Crippen LogP contribution is -2.16. The van der Waals surface area contributed by atoms with Gasteiger partial charge in [0.25, 0.3) is 0 Å². The topological polar surface area (TPSA) is 120 Å². The molecule has 0 aliphatic heterocycles. The first-order chi connectivity index (χ1) is 15.8. The largest absolute Gasteiger partial charge is 0.325 e. The summed E-state index contributed by atoms with van der Waals surface area (Å²) in [6, 6.07) is 22.6. The minimum absolute atomic E-state index is 0.0279. The molecule has 0 aliphatic rings. The number of carbonyl (C=O) groups is 1. The summed E-state index contributed by atoms with van der Waals surface area (Å²) in [5.41, 5.74) is 2.00. The lowest BCUT2D eigenvalue weighted by Gasteiger charge is -2.11. The molecule has 0 radical (unpaired) electrons. The molecule has 0 bridgehead atoms. The number of thioether (sulfide) groups is 1. The van der Waals surface area contributed by atoms with Crippen molar-refractivity contribution in [3.05, 3.63) is 83.9 Å². The van der Waals surface area contributed by atoms with E-state index in [0.717, 1.165) is 11.3 Å². The Morgan fingerprint density at radius 3 is 2.42 bits per heavy atom. The third kappa shape index (κ3) is 5.60. The number of primary sulfonamides is 1. The van der Waals surface area contributed by atoms with E-state index in [2.05, 4.69) is 15.5 Å². The molecule has 3 N–H and O–H groups in total. The van der Waals surface area contributed by atoms with Gasteiger partial charge in [-0.25, -0.2) is 13.6 Å². The van der Waals surface area contributed by atoms with E-state index >= 15 is 0 Å². The highest BCUT2D eigenvalue weighted by Crippen LogP contribution is 2.28. The smallest absolute Gasteiger partial charge is 0.238 e. The van der Waals surface area contributed by atoms with E-state index in [1.807, 2.05) is 47.0 Å². The second kappa shape index (κ2) is 9.75. The third-order valence-corrected chi connectivity index (χ3v) is 6.62. The number of hydrogen-bond donors (Lipinski definition) is 2. The number of rotatable bonds is 7. The van der Waals surface area contributed by atoms with Crippen molar-refractivity contribution < 1.29 is 13.2 Å². The number of sulfonamides is 1. The van der Waals surface area contributed by atoms with Crippen molar-refractivity contribution in [2.45, 2.75) is 10.1 Å². The van der Waals surface area contributed by atoms with Gasteiger partial charge in [0.15, 0.2) is 11.0 Å². The summed E-state index contributed by atoms with van der Waals surface area (Å²) in [5.74, 6) is 0.320. The number of nitrogens with one attached hydrogen (secondary N) is 1. The van der Waals surface area contributed by atoms with Gasteiger partial charge in [0, 0.05) is 22.0 Å². The second-order valence-electron chi connectivity index (χ2n) is 6.89. The molecule has 0 saturated carbocycles. The number of nitrogens with zero attached hydrogens (tertiary/aromatic N) is 3. The van der Waals surface area contributed by atoms with Crippen LogP contribution in [0.5, 0.6) is 0 Å². The molecule has 0 aliphatic carbocycles. The number of anilines is 1. The van der Waals surface area contributed by atoms with E-state index in [4.69, 9.17) is 16.7 Å². The van der Waals surface area contributed by atoms with E-state index in [1.54, 1.807) is 18.2 Å². The minimum Gasteiger partial charge on any atom is -0.325 e. The average molecular weight is 500 g/mol. The van der Waals surface area contributed by atoms with Crippen molar-refractivity contribution in [1.29, 1.82) is 0 Å². The maximum absolute atomic E-state index is 12.5. The molecule has 8 nitrogen and oxygen atoms in total. The Kier molecular flexibility index (Phi) is 6.80. The molecular weight excluding hydrogens is 482 g/mol. The molecular formula is C22H18ClN5O3S2. The normalized spacial score (nSPS) is 11.3. The summed E-state index contributed by atoms with van der Waals surface area (Å²) in [5, 5.41) is 17.6. The first-order valence-corrected chi connectivity index (χ1v) is 12.5. The van der Waals surface area contributed by atoms with Gasteiger partial charge in [0.1, 0.15) is 0 Å². The van der Waals surface area contributed by atoms with Crippen LogP contribution >= 0.6 is 23.4 Å². The number of benzene rings is 3. The molecule has 4 rings (SSSR count). The summed E-state index contributed by atoms with van der Waals surface area (Å²) < 4.78 is 24.9. The molecule has 1 amide bonds. The fourth-order valence-electron chi connectivity index (χ4n) is 3.04. The Balaban J connectivity index is 1.56. The van der Waals surface area contributed by atoms with Crippen LogP contribution in [0.15, 0.2) is 88.9 Å². The number of amides is 1. The van der Waals surface area contributed by atoms with Crippen LogP contribution in [0.2, 0.25) is 5.02 Å². The Labute approximate surface area is 199 Å². The maximum atomic E-state index is 12.5. The van der Waals surface area contributed by atoms with Gasteiger partial charge in [0.2, 0.25) is 15.9 Å². The molecule has 0 unspecified atom stereocenters. The fourth-order valence-corrected chi connectivity index (χ4v) is 4.48. The van der Waals surface area contributed by atoms with Crippen molar-refractivity contribution in [2.75, 3.05) is 11.1 Å². The lowest BCUT2D eigenvalue weighted by molar-refractivity contribution is -0.113. The van der Waals surface area contributed by atoms with Gasteiger partial charge in [-0.05, 0) is 42.5 Å². The number of halogens is 1. The number of hydrogen-bond acceptors (Lipinski definition) is 6. The quantitative estimate of drug-likeness (QED) is 0.371. The summed E-state index contributed by atoms with van der Waals surface area (Å²) in [4.78, 5) is 12.4. The van der Waals surface area contributed by atoms with Crippen LogP contribution in [0.25, 0.3) is 17.1 Å².